The molecule has 0 unspecified atom stereocenters. The van der Waals surface area contributed by atoms with Crippen molar-refractivity contribution >= 4 is 33.4 Å². The van der Waals surface area contributed by atoms with Gasteiger partial charge in [-0.05, 0) is 37.3 Å². The lowest BCUT2D eigenvalue weighted by molar-refractivity contribution is 0.417. The molecule has 3 N–H and O–H groups in total. The molecule has 0 saturated heterocycles. The maximum Gasteiger partial charge on any atom is 0.144 e. The summed E-state index contributed by atoms with van der Waals surface area (Å²) < 4.78 is 5.54. The second-order valence-electron chi connectivity index (χ2n) is 6.37. The first-order chi connectivity index (χ1) is 12.3. The Hall–Kier alpha value is -3.09. The molecule has 0 amide bonds. The molecule has 0 spiro atoms. The van der Waals surface area contributed by atoms with Crippen LogP contribution in [0, 0.1) is 0 Å². The normalized spacial score (nSPS) is 14.0. The summed E-state index contributed by atoms with van der Waals surface area (Å²) in [7, 11) is 1.66. The zero-order valence-corrected chi connectivity index (χ0v) is 13.9. The molecular formula is C18H18N6O. The van der Waals surface area contributed by atoms with Gasteiger partial charge in [-0.2, -0.15) is 5.10 Å². The van der Waals surface area contributed by atoms with E-state index in [1.165, 1.54) is 24.1 Å². The zero-order chi connectivity index (χ0) is 16.8. The van der Waals surface area contributed by atoms with Crippen LogP contribution in [-0.2, 0) is 12.8 Å². The van der Waals surface area contributed by atoms with Crippen LogP contribution in [-0.4, -0.2) is 32.3 Å². The summed E-state index contributed by atoms with van der Waals surface area (Å²) in [6.07, 6.45) is 7.97. The van der Waals surface area contributed by atoms with Gasteiger partial charge in [-0.25, -0.2) is 9.97 Å². The summed E-state index contributed by atoms with van der Waals surface area (Å²) in [5, 5.41) is 12.6. The smallest absolute Gasteiger partial charge is 0.144 e. The number of H-pyrrole nitrogens is 2. The SMILES string of the molecule is COc1cc2[nH]ncc2cc1Nc1ncnc2[nH]c3c(c12)CCCC3. The van der Waals surface area contributed by atoms with Gasteiger partial charge in [0, 0.05) is 17.1 Å². The third kappa shape index (κ3) is 2.23. The summed E-state index contributed by atoms with van der Waals surface area (Å²) in [4.78, 5) is 12.4. The van der Waals surface area contributed by atoms with Crippen LogP contribution in [0.5, 0.6) is 5.75 Å². The summed E-state index contributed by atoms with van der Waals surface area (Å²) in [6, 6.07) is 3.96. The fourth-order valence-corrected chi connectivity index (χ4v) is 3.69. The van der Waals surface area contributed by atoms with Gasteiger partial charge < -0.3 is 15.0 Å². The first-order valence-corrected chi connectivity index (χ1v) is 8.46. The second kappa shape index (κ2) is 5.47. The average Bonchev–Trinajstić information content (AvgIpc) is 3.24. The largest absolute Gasteiger partial charge is 0.494 e. The van der Waals surface area contributed by atoms with Gasteiger partial charge in [0.25, 0.3) is 0 Å². The molecule has 0 atom stereocenters. The molecule has 3 aromatic heterocycles. The topological polar surface area (TPSA) is 91.5 Å². The van der Waals surface area contributed by atoms with Crippen LogP contribution in [0.3, 0.4) is 0 Å². The Bertz CT molecular complexity index is 1080. The van der Waals surface area contributed by atoms with Crippen molar-refractivity contribution in [2.45, 2.75) is 25.7 Å². The van der Waals surface area contributed by atoms with Crippen LogP contribution < -0.4 is 10.1 Å². The highest BCUT2D eigenvalue weighted by molar-refractivity contribution is 5.95. The number of aryl methyl sites for hydroxylation is 2. The summed E-state index contributed by atoms with van der Waals surface area (Å²) in [5.74, 6) is 1.55. The predicted octanol–water partition coefficient (Wildman–Crippen LogP) is 3.47. The number of methoxy groups -OCH3 is 1. The molecule has 7 heteroatoms. The Morgan fingerprint density at radius 1 is 1.16 bits per heavy atom. The monoisotopic (exact) mass is 334 g/mol. The van der Waals surface area contributed by atoms with Crippen molar-refractivity contribution < 1.29 is 4.74 Å². The summed E-state index contributed by atoms with van der Waals surface area (Å²) >= 11 is 0. The molecule has 4 aromatic rings. The van der Waals surface area contributed by atoms with Crippen LogP contribution in [0.4, 0.5) is 11.5 Å². The molecule has 3 heterocycles. The van der Waals surface area contributed by atoms with E-state index in [2.05, 4.69) is 30.5 Å². The lowest BCUT2D eigenvalue weighted by Crippen LogP contribution is -2.02. The Labute approximate surface area is 143 Å². The number of rotatable bonds is 3. The number of anilines is 2. The molecule has 7 nitrogen and oxygen atoms in total. The molecule has 0 bridgehead atoms. The quantitative estimate of drug-likeness (QED) is 0.533. The number of aromatic amines is 2. The molecule has 1 aliphatic carbocycles. The first-order valence-electron chi connectivity index (χ1n) is 8.46. The number of hydrogen-bond donors (Lipinski definition) is 3. The van der Waals surface area contributed by atoms with E-state index in [1.54, 1.807) is 19.6 Å². The van der Waals surface area contributed by atoms with E-state index in [0.29, 0.717) is 0 Å². The fourth-order valence-electron chi connectivity index (χ4n) is 3.69. The molecule has 5 rings (SSSR count). The van der Waals surface area contributed by atoms with Gasteiger partial charge in [-0.1, -0.05) is 0 Å². The maximum absolute atomic E-state index is 5.54. The highest BCUT2D eigenvalue weighted by Crippen LogP contribution is 2.36. The number of ether oxygens (including phenoxy) is 1. The van der Waals surface area contributed by atoms with Crippen molar-refractivity contribution in [3.05, 3.63) is 35.9 Å². The van der Waals surface area contributed by atoms with E-state index in [0.717, 1.165) is 52.0 Å². The Balaban J connectivity index is 1.66. The van der Waals surface area contributed by atoms with Gasteiger partial charge in [-0.15, -0.1) is 0 Å². The molecular weight excluding hydrogens is 316 g/mol. The van der Waals surface area contributed by atoms with Gasteiger partial charge in [-0.3, -0.25) is 5.10 Å². The van der Waals surface area contributed by atoms with Crippen LogP contribution in [0.1, 0.15) is 24.1 Å². The minimum absolute atomic E-state index is 0.743. The molecule has 0 fully saturated rings. The highest BCUT2D eigenvalue weighted by Gasteiger charge is 2.20. The number of nitrogens with zero attached hydrogens (tertiary/aromatic N) is 3. The second-order valence-corrected chi connectivity index (χ2v) is 6.37. The van der Waals surface area contributed by atoms with Crippen LogP contribution >= 0.6 is 0 Å². The summed E-state index contributed by atoms with van der Waals surface area (Å²) in [6.45, 7) is 0. The number of aromatic nitrogens is 5. The zero-order valence-electron chi connectivity index (χ0n) is 13.9. The van der Waals surface area contributed by atoms with E-state index in [9.17, 15) is 0 Å². The van der Waals surface area contributed by atoms with Crippen molar-refractivity contribution in [1.29, 1.82) is 0 Å². The van der Waals surface area contributed by atoms with Gasteiger partial charge in [0.05, 0.1) is 29.9 Å². The van der Waals surface area contributed by atoms with Crippen molar-refractivity contribution in [3.8, 4) is 5.75 Å². The van der Waals surface area contributed by atoms with Gasteiger partial charge >= 0.3 is 0 Å². The van der Waals surface area contributed by atoms with Crippen molar-refractivity contribution in [2.75, 3.05) is 12.4 Å². The van der Waals surface area contributed by atoms with Crippen LogP contribution in [0.25, 0.3) is 21.9 Å². The number of benzene rings is 1. The molecule has 1 aliphatic rings. The standard InChI is InChI=1S/C18H18N6O/c1-25-15-7-13-10(8-21-24-13)6-14(15)23-18-16-11-4-2-3-5-12(11)22-17(16)19-9-20-18/h6-9H,2-5H2,1H3,(H,21,24)(H2,19,20,22,23). The average molecular weight is 334 g/mol. The number of fused-ring (bicyclic) bond motifs is 4. The first kappa shape index (κ1) is 14.3. The summed E-state index contributed by atoms with van der Waals surface area (Å²) in [5.41, 5.74) is 5.33. The minimum atomic E-state index is 0.743. The molecule has 126 valence electrons. The third-order valence-electron chi connectivity index (χ3n) is 4.90. The van der Waals surface area contributed by atoms with Crippen molar-refractivity contribution in [1.82, 2.24) is 25.1 Å². The van der Waals surface area contributed by atoms with E-state index in [4.69, 9.17) is 4.74 Å². The van der Waals surface area contributed by atoms with Crippen LogP contribution in [0.2, 0.25) is 0 Å². The van der Waals surface area contributed by atoms with Gasteiger partial charge in [0.15, 0.2) is 0 Å². The van der Waals surface area contributed by atoms with E-state index < -0.39 is 0 Å². The Kier molecular flexibility index (Phi) is 3.12. The van der Waals surface area contributed by atoms with Gasteiger partial charge in [0.2, 0.25) is 0 Å². The van der Waals surface area contributed by atoms with Crippen LogP contribution in [0.15, 0.2) is 24.7 Å². The minimum Gasteiger partial charge on any atom is -0.494 e. The van der Waals surface area contributed by atoms with Crippen molar-refractivity contribution in [3.63, 3.8) is 0 Å². The molecule has 0 aliphatic heterocycles. The molecule has 0 radical (unpaired) electrons. The van der Waals surface area contributed by atoms with E-state index in [-0.39, 0.29) is 0 Å². The van der Waals surface area contributed by atoms with Crippen molar-refractivity contribution in [2.24, 2.45) is 0 Å². The molecule has 0 saturated carbocycles. The number of hydrogen-bond acceptors (Lipinski definition) is 5. The number of nitrogens with one attached hydrogen (secondary N) is 3. The lowest BCUT2D eigenvalue weighted by atomic mass is 9.96. The Morgan fingerprint density at radius 3 is 3.00 bits per heavy atom. The molecule has 1 aromatic carbocycles. The third-order valence-corrected chi connectivity index (χ3v) is 4.90. The Morgan fingerprint density at radius 2 is 2.08 bits per heavy atom. The maximum atomic E-state index is 5.54. The highest BCUT2D eigenvalue weighted by atomic mass is 16.5. The molecule has 25 heavy (non-hydrogen) atoms. The fraction of sp³-hybridized carbons (Fsp3) is 0.278. The predicted molar refractivity (Wildman–Crippen MR) is 96.5 cm³/mol. The van der Waals surface area contributed by atoms with E-state index in [1.807, 2.05) is 12.1 Å². The van der Waals surface area contributed by atoms with E-state index >= 15 is 0 Å². The lowest BCUT2D eigenvalue weighted by Gasteiger charge is -2.14. The van der Waals surface area contributed by atoms with Gasteiger partial charge in [0.1, 0.15) is 23.5 Å².